The second-order valence-electron chi connectivity index (χ2n) is 33.1. The van der Waals surface area contributed by atoms with Gasteiger partial charge in [-0.05, 0) is 115 Å². The lowest BCUT2D eigenvalue weighted by atomic mass is 9.97. The Labute approximate surface area is 760 Å². The number of nitrogens with one attached hydrogen (secondary N) is 10. The second-order valence-corrected chi connectivity index (χ2v) is 34.1. The topological polar surface area (TPSA) is 537 Å². The summed E-state index contributed by atoms with van der Waals surface area (Å²) in [4.78, 5) is 256. The van der Waals surface area contributed by atoms with Gasteiger partial charge in [-0.25, -0.2) is 17.6 Å². The number of para-hydroxylation sites is 1. The number of likely N-dealkylation sites (N-methyl/N-ethyl adjacent to an activating group) is 3. The first-order valence-electron chi connectivity index (χ1n) is 43.0. The molecule has 4 heterocycles. The molecule has 5 aromatic carbocycles. The number of aliphatic hydroxyl groups excluding tert-OH is 1. The number of aromatic nitrogens is 1. The summed E-state index contributed by atoms with van der Waals surface area (Å²) in [5, 5.41) is 64.9. The van der Waals surface area contributed by atoms with Crippen molar-refractivity contribution >= 4 is 123 Å². The van der Waals surface area contributed by atoms with Crippen LogP contribution in [0.1, 0.15) is 113 Å². The number of phenolic OH excluding ortho intramolecular Hbond substituents is 1. The number of aliphatic hydroxyl groups is 1. The third kappa shape index (κ3) is 27.8. The molecule has 0 saturated carbocycles. The molecule has 15 amide bonds. The number of amides is 15. The standard InChI is InChI=1S/C90H110F4N16O21S/c1-7-8-21-69-89(130)110-33-16-23-68(110)84(125)101-62(41-74(115)116)81(122)105-77(48(2)3)90(131)107(5)70(38-49-17-10-9-11-18-49)85(126)102-64(42-75(117)118)87(128)109-32-15-14-22-67(109)83(124)100-61(40-53-43-96-59-20-13-12-19-56(53)59)80(121)99-60(36-50-26-30-55(112)31-27-50)79(120)103-65(45-111)82(123)104-66(78(119)97-44-72(95)113)46-132-47-73(114)98-63(37-52-34-57(92)76(94)58(93)35-52)86(127)108(6)71(88(129)106(69)4)39-51-24-28-54(91)29-25-51/h9-13,17-20,24-31,34-35,43,48,60-71,77,96,111-112H,7-8,14-16,21-23,32-33,36-42,44-47H2,1-6H3,(H2,95,113)(H,97,119)(H,98,114)(H,99,121)(H,100,124)(H,101,125)(H,102,126)(H,103,120)(H,104,123)(H,105,122)(H,115,116)(H,117,118)/t60-,61+,62-,63-,64-,65-,66-,67+,68+,69-,70-,71-,77+/m0/s1. The number of piperidine rings is 1. The first kappa shape index (κ1) is 102. The molecule has 1 aromatic heterocycles. The number of nitrogens with zero attached hydrogens (tertiary/aromatic N) is 5. The summed E-state index contributed by atoms with van der Waals surface area (Å²) in [6.07, 6.45) is -2.25. The zero-order valence-electron chi connectivity index (χ0n) is 73.4. The van der Waals surface area contributed by atoms with E-state index >= 15 is 47.1 Å². The molecule has 710 valence electrons. The highest BCUT2D eigenvalue weighted by Gasteiger charge is 2.46. The Morgan fingerprint density at radius 1 is 0.515 bits per heavy atom. The molecule has 3 aliphatic heterocycles. The van der Waals surface area contributed by atoms with Gasteiger partial charge in [-0.15, -0.1) is 11.8 Å². The van der Waals surface area contributed by atoms with Crippen molar-refractivity contribution in [1.82, 2.24) is 77.3 Å². The molecule has 3 aliphatic rings. The van der Waals surface area contributed by atoms with Crippen molar-refractivity contribution in [2.45, 2.75) is 196 Å². The molecule has 0 unspecified atom stereocenters. The Morgan fingerprint density at radius 3 is 1.66 bits per heavy atom. The minimum atomic E-state index is -2.04. The predicted molar refractivity (Wildman–Crippen MR) is 469 cm³/mol. The third-order valence-electron chi connectivity index (χ3n) is 23.2. The van der Waals surface area contributed by atoms with Crippen molar-refractivity contribution in [3.63, 3.8) is 0 Å². The van der Waals surface area contributed by atoms with E-state index in [0.29, 0.717) is 52.3 Å². The zero-order valence-corrected chi connectivity index (χ0v) is 74.3. The van der Waals surface area contributed by atoms with Gasteiger partial charge in [0.15, 0.2) is 17.5 Å². The molecular formula is C90H110F4N16O21S. The number of benzene rings is 5. The van der Waals surface area contributed by atoms with Gasteiger partial charge in [0.1, 0.15) is 90.1 Å². The van der Waals surface area contributed by atoms with Crippen LogP contribution in [-0.2, 0) is 114 Å². The number of hydrogen-bond donors (Lipinski definition) is 15. The molecule has 16 N–H and O–H groups in total. The van der Waals surface area contributed by atoms with Crippen LogP contribution >= 0.6 is 11.8 Å². The number of aromatic hydroxyl groups is 1. The van der Waals surface area contributed by atoms with Crippen LogP contribution in [0, 0.1) is 29.2 Å². The lowest BCUT2D eigenvalue weighted by Crippen LogP contribution is -2.63. The Kier molecular flexibility index (Phi) is 37.0. The van der Waals surface area contributed by atoms with E-state index in [2.05, 4.69) is 52.8 Å². The normalized spacial score (nSPS) is 23.7. The van der Waals surface area contributed by atoms with E-state index in [0.717, 1.165) is 43.7 Å². The average molecular weight is 1860 g/mol. The quantitative estimate of drug-likeness (QED) is 0.0330. The summed E-state index contributed by atoms with van der Waals surface area (Å²) >= 11 is 0.567. The van der Waals surface area contributed by atoms with Gasteiger partial charge in [-0.2, -0.15) is 0 Å². The van der Waals surface area contributed by atoms with Crippen LogP contribution in [0.2, 0.25) is 0 Å². The Balaban J connectivity index is 1.13. The van der Waals surface area contributed by atoms with Crippen LogP contribution in [0.4, 0.5) is 17.6 Å². The maximum absolute atomic E-state index is 15.6. The molecule has 42 heteroatoms. The molecule has 0 bridgehead atoms. The van der Waals surface area contributed by atoms with Crippen LogP contribution in [0.5, 0.6) is 5.75 Å². The number of carbonyl (C=O) groups excluding carboxylic acids is 15. The number of primary amides is 1. The number of rotatable bonds is 22. The summed E-state index contributed by atoms with van der Waals surface area (Å²) in [5.41, 5.74) is 6.83. The molecule has 13 atom stereocenters. The SMILES string of the molecule is CCCC[C@H]1C(=O)N2CCC[C@@H]2C(=O)N[C@@H](CC(=O)O)C(=O)N[C@H](C(C)C)C(=O)N(C)[C@@H](Cc2ccccc2)C(=O)N[C@@H](CC(=O)O)C(=O)N2CCCC[C@@H]2C(=O)N[C@H](Cc2c[nH]c3ccccc23)C(=O)N[C@@H](Cc2ccc(O)cc2)C(=O)N[C@@H](CO)C(=O)N[C@H](C(=O)NCC(N)=O)CSCC(=O)N[C@@H](Cc2cc(F)c(F)c(F)c2)C(=O)N(C)[C@@H](Cc2ccc(F)cc2)C(=O)N1C. The maximum atomic E-state index is 15.6. The summed E-state index contributed by atoms with van der Waals surface area (Å²) in [7, 11) is 3.49. The van der Waals surface area contributed by atoms with Gasteiger partial charge in [0.25, 0.3) is 0 Å². The van der Waals surface area contributed by atoms with E-state index in [9.17, 15) is 72.4 Å². The number of carbonyl (C=O) groups is 17. The molecule has 0 radical (unpaired) electrons. The number of unbranched alkanes of at least 4 members (excludes halogenated alkanes) is 1. The van der Waals surface area contributed by atoms with Crippen molar-refractivity contribution in [3.05, 3.63) is 173 Å². The number of nitrogens with two attached hydrogens (primary N) is 1. The smallest absolute Gasteiger partial charge is 0.305 e. The van der Waals surface area contributed by atoms with Crippen LogP contribution in [-0.4, -0.2) is 288 Å². The summed E-state index contributed by atoms with van der Waals surface area (Å²) < 4.78 is 59.6. The monoisotopic (exact) mass is 1860 g/mol. The highest BCUT2D eigenvalue weighted by atomic mass is 32.2. The van der Waals surface area contributed by atoms with Crippen molar-refractivity contribution in [3.8, 4) is 5.75 Å². The molecule has 3 saturated heterocycles. The number of hydrogen-bond acceptors (Lipinski definition) is 20. The third-order valence-corrected chi connectivity index (χ3v) is 24.2. The van der Waals surface area contributed by atoms with E-state index in [1.165, 1.54) is 64.3 Å². The fourth-order valence-corrected chi connectivity index (χ4v) is 16.8. The van der Waals surface area contributed by atoms with Crippen LogP contribution in [0.15, 0.2) is 121 Å². The van der Waals surface area contributed by atoms with Gasteiger partial charge in [-0.1, -0.05) is 106 Å². The number of thioether (sulfide) groups is 1. The molecule has 6 aromatic rings. The van der Waals surface area contributed by atoms with Gasteiger partial charge in [0.05, 0.1) is 31.7 Å². The van der Waals surface area contributed by atoms with Gasteiger partial charge >= 0.3 is 11.9 Å². The van der Waals surface area contributed by atoms with E-state index < -0.39 is 271 Å². The van der Waals surface area contributed by atoms with Gasteiger partial charge in [-0.3, -0.25) is 81.5 Å². The molecule has 9 rings (SSSR count). The summed E-state index contributed by atoms with van der Waals surface area (Å²) in [6, 6.07) is 2.92. The number of aromatic amines is 1. The number of carboxylic acid groups (broad SMARTS) is 2. The predicted octanol–water partition coefficient (Wildman–Crippen LogP) is 0.811. The highest BCUT2D eigenvalue weighted by Crippen LogP contribution is 2.29. The molecule has 0 spiro atoms. The van der Waals surface area contributed by atoms with Crippen molar-refractivity contribution < 1.29 is 119 Å². The van der Waals surface area contributed by atoms with Crippen LogP contribution in [0.25, 0.3) is 10.9 Å². The fourth-order valence-electron chi connectivity index (χ4n) is 16.0. The first-order chi connectivity index (χ1) is 62.7. The number of halogens is 4. The van der Waals surface area contributed by atoms with Crippen molar-refractivity contribution in [2.75, 3.05) is 58.9 Å². The number of phenols is 1. The lowest BCUT2D eigenvalue weighted by molar-refractivity contribution is -0.152. The van der Waals surface area contributed by atoms with Gasteiger partial charge in [0.2, 0.25) is 88.6 Å². The molecule has 3 fully saturated rings. The number of aliphatic carboxylic acids is 2. The Hall–Kier alpha value is -13.5. The number of carboxylic acids is 2. The Morgan fingerprint density at radius 2 is 1.03 bits per heavy atom. The van der Waals surface area contributed by atoms with Crippen LogP contribution < -0.4 is 53.6 Å². The Bertz CT molecular complexity index is 5190. The summed E-state index contributed by atoms with van der Waals surface area (Å²) in [6.45, 7) is 2.28. The van der Waals surface area contributed by atoms with E-state index in [-0.39, 0.29) is 87.8 Å². The average Bonchev–Trinajstić information content (AvgIpc) is 1.60. The molecular weight excluding hydrogens is 1750 g/mol. The molecule has 0 aliphatic carbocycles. The fraction of sp³-hybridized carbons (Fsp3) is 0.456. The largest absolute Gasteiger partial charge is 0.508 e. The van der Waals surface area contributed by atoms with E-state index in [4.69, 9.17) is 5.73 Å². The zero-order chi connectivity index (χ0) is 96.5. The van der Waals surface area contributed by atoms with E-state index in [1.54, 1.807) is 67.7 Å². The van der Waals surface area contributed by atoms with Crippen molar-refractivity contribution in [1.29, 1.82) is 0 Å². The minimum Gasteiger partial charge on any atom is -0.508 e. The lowest BCUT2D eigenvalue weighted by Gasteiger charge is -2.38. The van der Waals surface area contributed by atoms with Gasteiger partial charge < -0.3 is 103 Å². The van der Waals surface area contributed by atoms with E-state index in [1.807, 2.05) is 0 Å². The van der Waals surface area contributed by atoms with Crippen LogP contribution in [0.3, 0.4) is 0 Å². The van der Waals surface area contributed by atoms with Crippen molar-refractivity contribution in [2.24, 2.45) is 11.7 Å². The first-order valence-corrected chi connectivity index (χ1v) is 44.2. The highest BCUT2D eigenvalue weighted by molar-refractivity contribution is 8.00. The molecule has 37 nitrogen and oxygen atoms in total. The number of H-pyrrole nitrogens is 1. The second kappa shape index (κ2) is 47.9. The minimum absolute atomic E-state index is 0.0980. The number of fused-ring (bicyclic) bond motifs is 3. The van der Waals surface area contributed by atoms with Gasteiger partial charge in [0, 0.05) is 89.2 Å². The molecule has 132 heavy (non-hydrogen) atoms. The summed E-state index contributed by atoms with van der Waals surface area (Å²) in [5.74, 6) is -28.3. The maximum Gasteiger partial charge on any atom is 0.305 e.